The summed E-state index contributed by atoms with van der Waals surface area (Å²) in [6.45, 7) is 9.98. The van der Waals surface area contributed by atoms with Crippen LogP contribution in [0.3, 0.4) is 0 Å². The average Bonchev–Trinajstić information content (AvgIpc) is 2.16. The highest BCUT2D eigenvalue weighted by molar-refractivity contribution is 5.04. The van der Waals surface area contributed by atoms with Crippen LogP contribution in [0.25, 0.3) is 0 Å². The van der Waals surface area contributed by atoms with E-state index in [1.807, 2.05) is 0 Å². The molecule has 0 radical (unpaired) electrons. The van der Waals surface area contributed by atoms with E-state index in [2.05, 4.69) is 33.8 Å². The van der Waals surface area contributed by atoms with Gasteiger partial charge in [0, 0.05) is 0 Å². The van der Waals surface area contributed by atoms with Crippen LogP contribution in [0.2, 0.25) is 0 Å². The van der Waals surface area contributed by atoms with E-state index in [9.17, 15) is 0 Å². The molecular formula is C14H27NO. The first-order valence-electron chi connectivity index (χ1n) is 6.47. The third-order valence-electron chi connectivity index (χ3n) is 2.95. The Morgan fingerprint density at radius 3 is 2.62 bits per heavy atom. The molecule has 0 bridgehead atoms. The van der Waals surface area contributed by atoms with E-state index in [1.54, 1.807) is 0 Å². The summed E-state index contributed by atoms with van der Waals surface area (Å²) in [5, 5.41) is 0. The molecule has 0 aromatic carbocycles. The first kappa shape index (κ1) is 13.6. The van der Waals surface area contributed by atoms with Gasteiger partial charge >= 0.3 is 0 Å². The van der Waals surface area contributed by atoms with Crippen LogP contribution in [0, 0.1) is 11.3 Å². The van der Waals surface area contributed by atoms with Crippen molar-refractivity contribution in [2.45, 2.75) is 59.4 Å². The summed E-state index contributed by atoms with van der Waals surface area (Å²) in [4.78, 5) is 0. The Kier molecular flexibility index (Phi) is 4.85. The second-order valence-electron chi connectivity index (χ2n) is 6.31. The van der Waals surface area contributed by atoms with Crippen molar-refractivity contribution in [1.82, 2.24) is 0 Å². The number of rotatable bonds is 4. The monoisotopic (exact) mass is 225 g/mol. The van der Waals surface area contributed by atoms with Gasteiger partial charge in [-0.25, -0.2) is 0 Å². The largest absolute Gasteiger partial charge is 0.497 e. The fourth-order valence-electron chi connectivity index (χ4n) is 2.51. The number of hydrogen-bond acceptors (Lipinski definition) is 2. The fraction of sp³-hybridized carbons (Fsp3) is 0.857. The molecule has 0 aromatic heterocycles. The average molecular weight is 225 g/mol. The normalized spacial score (nSPS) is 20.9. The lowest BCUT2D eigenvalue weighted by Crippen LogP contribution is -2.29. The third kappa shape index (κ3) is 5.02. The molecule has 0 saturated carbocycles. The summed E-state index contributed by atoms with van der Waals surface area (Å²) in [5.74, 6) is 1.67. The van der Waals surface area contributed by atoms with Crippen LogP contribution in [0.5, 0.6) is 0 Å². The molecule has 0 saturated heterocycles. The predicted molar refractivity (Wildman–Crippen MR) is 69.1 cm³/mol. The number of hydrogen-bond donors (Lipinski definition) is 1. The summed E-state index contributed by atoms with van der Waals surface area (Å²) in [7, 11) is 0. The van der Waals surface area contributed by atoms with Crippen molar-refractivity contribution < 1.29 is 4.74 Å². The molecule has 2 N–H and O–H groups in total. The maximum absolute atomic E-state index is 6.17. The van der Waals surface area contributed by atoms with Crippen molar-refractivity contribution >= 4 is 0 Å². The van der Waals surface area contributed by atoms with E-state index in [0.717, 1.165) is 31.6 Å². The molecule has 0 aliphatic carbocycles. The molecule has 0 spiro atoms. The highest BCUT2D eigenvalue weighted by Crippen LogP contribution is 2.28. The van der Waals surface area contributed by atoms with Gasteiger partial charge in [0.25, 0.3) is 0 Å². The highest BCUT2D eigenvalue weighted by atomic mass is 16.5. The molecule has 0 amide bonds. The van der Waals surface area contributed by atoms with Gasteiger partial charge in [-0.15, -0.1) is 0 Å². The molecule has 1 aliphatic rings. The maximum atomic E-state index is 6.17. The predicted octanol–water partition coefficient (Wildman–Crippen LogP) is 3.47. The molecule has 1 rings (SSSR count). The summed E-state index contributed by atoms with van der Waals surface area (Å²) in [6, 6.07) is 0.0950. The molecule has 2 unspecified atom stereocenters. The Labute approximate surface area is 100 Å². The third-order valence-corrected chi connectivity index (χ3v) is 2.95. The molecule has 0 aromatic rings. The molecule has 2 atom stereocenters. The Bertz CT molecular complexity index is 240. The highest BCUT2D eigenvalue weighted by Gasteiger charge is 2.20. The standard InChI is InChI=1S/C14H27NO/c1-11(10-14(2,3)4)9-12(15)13-7-5-6-8-16-13/h7,11-12H,5-6,8-10,15H2,1-4H3. The Balaban J connectivity index is 2.38. The number of allylic oxidation sites excluding steroid dienone is 1. The zero-order valence-electron chi connectivity index (χ0n) is 11.3. The topological polar surface area (TPSA) is 35.2 Å². The van der Waals surface area contributed by atoms with Crippen LogP contribution in [0.15, 0.2) is 11.8 Å². The van der Waals surface area contributed by atoms with E-state index in [0.29, 0.717) is 11.3 Å². The van der Waals surface area contributed by atoms with Gasteiger partial charge in [0.2, 0.25) is 0 Å². The molecule has 16 heavy (non-hydrogen) atoms. The van der Waals surface area contributed by atoms with Crippen LogP contribution in [0.4, 0.5) is 0 Å². The molecule has 0 fully saturated rings. The molecule has 2 nitrogen and oxygen atoms in total. The molecular weight excluding hydrogens is 198 g/mol. The summed E-state index contributed by atoms with van der Waals surface area (Å²) < 4.78 is 5.61. The lowest BCUT2D eigenvalue weighted by atomic mass is 9.82. The number of ether oxygens (including phenoxy) is 1. The minimum atomic E-state index is 0.0950. The second kappa shape index (κ2) is 5.72. The first-order chi connectivity index (χ1) is 7.38. The number of nitrogens with two attached hydrogens (primary N) is 1. The Morgan fingerprint density at radius 1 is 1.44 bits per heavy atom. The Morgan fingerprint density at radius 2 is 2.12 bits per heavy atom. The van der Waals surface area contributed by atoms with Crippen LogP contribution in [-0.2, 0) is 4.74 Å². The molecule has 1 aliphatic heterocycles. The fourth-order valence-corrected chi connectivity index (χ4v) is 2.51. The summed E-state index contributed by atoms with van der Waals surface area (Å²) in [6.07, 6.45) is 6.67. The second-order valence-corrected chi connectivity index (χ2v) is 6.31. The van der Waals surface area contributed by atoms with E-state index >= 15 is 0 Å². The van der Waals surface area contributed by atoms with Gasteiger partial charge in [0.15, 0.2) is 0 Å². The summed E-state index contributed by atoms with van der Waals surface area (Å²) >= 11 is 0. The van der Waals surface area contributed by atoms with Gasteiger partial charge in [-0.3, -0.25) is 0 Å². The van der Waals surface area contributed by atoms with Crippen LogP contribution >= 0.6 is 0 Å². The van der Waals surface area contributed by atoms with Gasteiger partial charge in [0.1, 0.15) is 5.76 Å². The minimum absolute atomic E-state index is 0.0950. The van der Waals surface area contributed by atoms with Crippen molar-refractivity contribution in [3.63, 3.8) is 0 Å². The zero-order valence-corrected chi connectivity index (χ0v) is 11.3. The minimum Gasteiger partial charge on any atom is -0.497 e. The van der Waals surface area contributed by atoms with Crippen LogP contribution < -0.4 is 5.73 Å². The van der Waals surface area contributed by atoms with E-state index in [-0.39, 0.29) is 6.04 Å². The van der Waals surface area contributed by atoms with Crippen molar-refractivity contribution in [2.24, 2.45) is 17.1 Å². The van der Waals surface area contributed by atoms with Crippen LogP contribution in [0.1, 0.15) is 53.4 Å². The first-order valence-corrected chi connectivity index (χ1v) is 6.47. The van der Waals surface area contributed by atoms with Crippen molar-refractivity contribution in [3.8, 4) is 0 Å². The zero-order chi connectivity index (χ0) is 12.2. The lowest BCUT2D eigenvalue weighted by Gasteiger charge is -2.27. The SMILES string of the molecule is CC(CC(N)C1=CCCCO1)CC(C)(C)C. The molecule has 94 valence electrons. The summed E-state index contributed by atoms with van der Waals surface area (Å²) in [5.41, 5.74) is 6.56. The molecule has 1 heterocycles. The van der Waals surface area contributed by atoms with Crippen LogP contribution in [-0.4, -0.2) is 12.6 Å². The van der Waals surface area contributed by atoms with Crippen molar-refractivity contribution in [1.29, 1.82) is 0 Å². The van der Waals surface area contributed by atoms with Gasteiger partial charge in [-0.1, -0.05) is 27.7 Å². The van der Waals surface area contributed by atoms with Gasteiger partial charge in [-0.05, 0) is 43.1 Å². The smallest absolute Gasteiger partial charge is 0.109 e. The van der Waals surface area contributed by atoms with Crippen molar-refractivity contribution in [3.05, 3.63) is 11.8 Å². The Hall–Kier alpha value is -0.500. The lowest BCUT2D eigenvalue weighted by molar-refractivity contribution is 0.166. The van der Waals surface area contributed by atoms with Crippen molar-refractivity contribution in [2.75, 3.05) is 6.61 Å². The maximum Gasteiger partial charge on any atom is 0.109 e. The molecule has 2 heteroatoms. The van der Waals surface area contributed by atoms with E-state index in [4.69, 9.17) is 10.5 Å². The van der Waals surface area contributed by atoms with E-state index < -0.39 is 0 Å². The van der Waals surface area contributed by atoms with Gasteiger partial charge < -0.3 is 10.5 Å². The van der Waals surface area contributed by atoms with Gasteiger partial charge in [-0.2, -0.15) is 0 Å². The van der Waals surface area contributed by atoms with E-state index in [1.165, 1.54) is 6.42 Å². The van der Waals surface area contributed by atoms with Gasteiger partial charge in [0.05, 0.1) is 12.6 Å². The quantitative estimate of drug-likeness (QED) is 0.795.